The van der Waals surface area contributed by atoms with Crippen molar-refractivity contribution in [3.05, 3.63) is 0 Å². The highest BCUT2D eigenvalue weighted by Crippen LogP contribution is 2.32. The number of amides is 1. The van der Waals surface area contributed by atoms with Gasteiger partial charge in [0.15, 0.2) is 0 Å². The molecule has 2 rings (SSSR count). The van der Waals surface area contributed by atoms with Gasteiger partial charge in [-0.3, -0.25) is 4.79 Å². The summed E-state index contributed by atoms with van der Waals surface area (Å²) in [7, 11) is 0. The molecule has 0 saturated heterocycles. The standard InChI is InChI=1S/C16H30N2O.ClH/c1-12-7-8-13(9-12)10-16(19)18-15(11-17)14-5-3-2-4-6-14;/h12-15H,2-11,17H2,1H3,(H,18,19);1H. The van der Waals surface area contributed by atoms with E-state index in [2.05, 4.69) is 12.2 Å². The van der Waals surface area contributed by atoms with Gasteiger partial charge < -0.3 is 11.1 Å². The van der Waals surface area contributed by atoms with Gasteiger partial charge in [-0.05, 0) is 43.4 Å². The van der Waals surface area contributed by atoms with Crippen molar-refractivity contribution in [2.24, 2.45) is 23.5 Å². The fraction of sp³-hybridized carbons (Fsp3) is 0.938. The van der Waals surface area contributed by atoms with Crippen molar-refractivity contribution in [1.82, 2.24) is 5.32 Å². The first kappa shape index (κ1) is 17.8. The van der Waals surface area contributed by atoms with Crippen molar-refractivity contribution in [2.75, 3.05) is 6.54 Å². The Kier molecular flexibility index (Phi) is 7.90. The molecule has 3 nitrogen and oxygen atoms in total. The minimum absolute atomic E-state index is 0. The van der Waals surface area contributed by atoms with Crippen molar-refractivity contribution in [3.8, 4) is 0 Å². The first-order chi connectivity index (χ1) is 9.19. The van der Waals surface area contributed by atoms with Gasteiger partial charge in [-0.1, -0.05) is 32.6 Å². The molecular formula is C16H31ClN2O. The van der Waals surface area contributed by atoms with Gasteiger partial charge in [0, 0.05) is 19.0 Å². The lowest BCUT2D eigenvalue weighted by Gasteiger charge is -2.30. The van der Waals surface area contributed by atoms with Crippen molar-refractivity contribution in [3.63, 3.8) is 0 Å². The highest BCUT2D eigenvalue weighted by atomic mass is 35.5. The zero-order chi connectivity index (χ0) is 13.7. The van der Waals surface area contributed by atoms with Crippen molar-refractivity contribution < 1.29 is 4.79 Å². The summed E-state index contributed by atoms with van der Waals surface area (Å²) in [6.45, 7) is 2.89. The maximum Gasteiger partial charge on any atom is 0.220 e. The average molecular weight is 303 g/mol. The summed E-state index contributed by atoms with van der Waals surface area (Å²) in [5.74, 6) is 2.27. The number of nitrogens with two attached hydrogens (primary N) is 1. The highest BCUT2D eigenvalue weighted by molar-refractivity contribution is 5.85. The Balaban J connectivity index is 0.00000200. The van der Waals surface area contributed by atoms with Crippen LogP contribution in [0.25, 0.3) is 0 Å². The quantitative estimate of drug-likeness (QED) is 0.819. The van der Waals surface area contributed by atoms with E-state index in [0.717, 1.165) is 5.92 Å². The second-order valence-electron chi connectivity index (χ2n) is 6.80. The summed E-state index contributed by atoms with van der Waals surface area (Å²) in [5.41, 5.74) is 5.87. The van der Waals surface area contributed by atoms with Gasteiger partial charge in [-0.25, -0.2) is 0 Å². The van der Waals surface area contributed by atoms with Crippen LogP contribution in [0, 0.1) is 17.8 Å². The minimum Gasteiger partial charge on any atom is -0.352 e. The van der Waals surface area contributed by atoms with E-state index in [1.165, 1.54) is 51.4 Å². The van der Waals surface area contributed by atoms with Crippen LogP contribution in [-0.4, -0.2) is 18.5 Å². The lowest BCUT2D eigenvalue weighted by molar-refractivity contribution is -0.123. The van der Waals surface area contributed by atoms with Crippen LogP contribution in [-0.2, 0) is 4.79 Å². The van der Waals surface area contributed by atoms with Gasteiger partial charge in [0.25, 0.3) is 0 Å². The average Bonchev–Trinajstić information content (AvgIpc) is 2.82. The van der Waals surface area contributed by atoms with Crippen LogP contribution in [0.5, 0.6) is 0 Å². The van der Waals surface area contributed by atoms with Crippen LogP contribution in [0.4, 0.5) is 0 Å². The molecule has 3 N–H and O–H groups in total. The predicted molar refractivity (Wildman–Crippen MR) is 85.9 cm³/mol. The molecule has 2 aliphatic rings. The molecule has 4 heteroatoms. The number of hydrogen-bond donors (Lipinski definition) is 2. The molecule has 3 unspecified atom stereocenters. The molecule has 0 heterocycles. The van der Waals surface area contributed by atoms with E-state index in [1.807, 2.05) is 0 Å². The molecule has 0 radical (unpaired) electrons. The molecule has 2 fully saturated rings. The van der Waals surface area contributed by atoms with Gasteiger partial charge in [0.2, 0.25) is 5.91 Å². The zero-order valence-corrected chi connectivity index (χ0v) is 13.6. The third-order valence-electron chi connectivity index (χ3n) is 5.10. The minimum atomic E-state index is 0. The van der Waals surface area contributed by atoms with Gasteiger partial charge in [0.1, 0.15) is 0 Å². The molecule has 0 aromatic carbocycles. The maximum absolute atomic E-state index is 12.2. The molecule has 2 aliphatic carbocycles. The monoisotopic (exact) mass is 302 g/mol. The zero-order valence-electron chi connectivity index (χ0n) is 12.8. The Hall–Kier alpha value is -0.280. The molecule has 0 aromatic heterocycles. The number of hydrogen-bond acceptors (Lipinski definition) is 2. The first-order valence-corrected chi connectivity index (χ1v) is 8.18. The van der Waals surface area contributed by atoms with E-state index < -0.39 is 0 Å². The Morgan fingerprint density at radius 2 is 1.90 bits per heavy atom. The molecule has 1 amide bonds. The molecule has 0 bridgehead atoms. The van der Waals surface area contributed by atoms with Crippen LogP contribution in [0.15, 0.2) is 0 Å². The highest BCUT2D eigenvalue weighted by Gasteiger charge is 2.27. The molecule has 0 aliphatic heterocycles. The number of rotatable bonds is 5. The molecule has 20 heavy (non-hydrogen) atoms. The summed E-state index contributed by atoms with van der Waals surface area (Å²) in [6.07, 6.45) is 10.9. The van der Waals surface area contributed by atoms with E-state index >= 15 is 0 Å². The number of carbonyl (C=O) groups excluding carboxylic acids is 1. The third-order valence-corrected chi connectivity index (χ3v) is 5.10. The van der Waals surface area contributed by atoms with Gasteiger partial charge in [-0.2, -0.15) is 0 Å². The Bertz CT molecular complexity index is 292. The molecule has 0 spiro atoms. The smallest absolute Gasteiger partial charge is 0.220 e. The Morgan fingerprint density at radius 3 is 2.45 bits per heavy atom. The number of carbonyl (C=O) groups is 1. The maximum atomic E-state index is 12.2. The first-order valence-electron chi connectivity index (χ1n) is 8.18. The SMILES string of the molecule is CC1CCC(CC(=O)NC(CN)C2CCCCC2)C1.Cl. The van der Waals surface area contributed by atoms with Crippen LogP contribution < -0.4 is 11.1 Å². The second-order valence-corrected chi connectivity index (χ2v) is 6.80. The third kappa shape index (κ3) is 5.25. The summed E-state index contributed by atoms with van der Waals surface area (Å²) in [6, 6.07) is 0.214. The topological polar surface area (TPSA) is 55.1 Å². The van der Waals surface area contributed by atoms with E-state index in [9.17, 15) is 4.79 Å². The van der Waals surface area contributed by atoms with Crippen molar-refractivity contribution in [2.45, 2.75) is 70.8 Å². The van der Waals surface area contributed by atoms with Gasteiger partial charge >= 0.3 is 0 Å². The largest absolute Gasteiger partial charge is 0.352 e. The van der Waals surface area contributed by atoms with E-state index in [-0.39, 0.29) is 24.4 Å². The summed E-state index contributed by atoms with van der Waals surface area (Å²) < 4.78 is 0. The van der Waals surface area contributed by atoms with E-state index in [0.29, 0.717) is 24.8 Å². The van der Waals surface area contributed by atoms with E-state index in [1.54, 1.807) is 0 Å². The summed E-state index contributed by atoms with van der Waals surface area (Å²) >= 11 is 0. The predicted octanol–water partition coefficient (Wildman–Crippen LogP) is 3.26. The Morgan fingerprint density at radius 1 is 1.20 bits per heavy atom. The lowest BCUT2D eigenvalue weighted by atomic mass is 9.83. The number of nitrogens with one attached hydrogen (secondary N) is 1. The fourth-order valence-electron chi connectivity index (χ4n) is 3.94. The van der Waals surface area contributed by atoms with Crippen molar-refractivity contribution >= 4 is 18.3 Å². The van der Waals surface area contributed by atoms with Crippen molar-refractivity contribution in [1.29, 1.82) is 0 Å². The number of halogens is 1. The van der Waals surface area contributed by atoms with E-state index in [4.69, 9.17) is 5.73 Å². The fourth-order valence-corrected chi connectivity index (χ4v) is 3.94. The Labute approximate surface area is 129 Å². The molecule has 2 saturated carbocycles. The molecule has 118 valence electrons. The van der Waals surface area contributed by atoms with Crippen LogP contribution in [0.2, 0.25) is 0 Å². The van der Waals surface area contributed by atoms with Crippen LogP contribution in [0.3, 0.4) is 0 Å². The van der Waals surface area contributed by atoms with Crippen LogP contribution >= 0.6 is 12.4 Å². The van der Waals surface area contributed by atoms with Gasteiger partial charge in [0.05, 0.1) is 0 Å². The second kappa shape index (κ2) is 8.89. The molecule has 0 aromatic rings. The summed E-state index contributed by atoms with van der Waals surface area (Å²) in [4.78, 5) is 12.2. The van der Waals surface area contributed by atoms with Gasteiger partial charge in [-0.15, -0.1) is 12.4 Å². The normalized spacial score (nSPS) is 28.7. The van der Waals surface area contributed by atoms with Crippen LogP contribution in [0.1, 0.15) is 64.7 Å². The molecule has 3 atom stereocenters. The lowest BCUT2D eigenvalue weighted by Crippen LogP contribution is -2.46. The summed E-state index contributed by atoms with van der Waals surface area (Å²) in [5, 5.41) is 3.21. The molecular weight excluding hydrogens is 272 g/mol.